The minimum Gasteiger partial charge on any atom is -0.361 e. The van der Waals surface area contributed by atoms with Crippen LogP contribution in [0.3, 0.4) is 0 Å². The molecule has 1 heterocycles. The summed E-state index contributed by atoms with van der Waals surface area (Å²) in [5.41, 5.74) is 7.58. The molecule has 3 N–H and O–H groups in total. The van der Waals surface area contributed by atoms with Gasteiger partial charge in [-0.25, -0.2) is 0 Å². The fraction of sp³-hybridized carbons (Fsp3) is 0.667. The molecule has 0 saturated carbocycles. The molecule has 0 aliphatic heterocycles. The quantitative estimate of drug-likeness (QED) is 0.722. The molecule has 0 amide bonds. The standard InChI is InChI=1S/C9H17N3O/c1-6(4-10)11-5-9-7(2)12-13-8(9)3/h6,11H,4-5,10H2,1-3H3. The third kappa shape index (κ3) is 2.54. The van der Waals surface area contributed by atoms with E-state index >= 15 is 0 Å². The van der Waals surface area contributed by atoms with Crippen molar-refractivity contribution in [2.75, 3.05) is 6.54 Å². The predicted molar refractivity (Wildman–Crippen MR) is 51.3 cm³/mol. The first-order valence-corrected chi connectivity index (χ1v) is 4.50. The lowest BCUT2D eigenvalue weighted by atomic mass is 10.2. The second-order valence-corrected chi connectivity index (χ2v) is 3.32. The average Bonchev–Trinajstić information content (AvgIpc) is 2.43. The van der Waals surface area contributed by atoms with Gasteiger partial charge in [-0.2, -0.15) is 0 Å². The zero-order valence-corrected chi connectivity index (χ0v) is 8.42. The van der Waals surface area contributed by atoms with E-state index in [1.807, 2.05) is 13.8 Å². The highest BCUT2D eigenvalue weighted by Gasteiger charge is 2.08. The lowest BCUT2D eigenvalue weighted by Crippen LogP contribution is -2.32. The molecule has 4 nitrogen and oxygen atoms in total. The van der Waals surface area contributed by atoms with Crippen LogP contribution in [0.4, 0.5) is 0 Å². The monoisotopic (exact) mass is 183 g/mol. The Labute approximate surface area is 78.5 Å². The van der Waals surface area contributed by atoms with E-state index in [1.165, 1.54) is 0 Å². The van der Waals surface area contributed by atoms with E-state index in [4.69, 9.17) is 10.3 Å². The van der Waals surface area contributed by atoms with E-state index in [0.29, 0.717) is 12.6 Å². The highest BCUT2D eigenvalue weighted by atomic mass is 16.5. The van der Waals surface area contributed by atoms with E-state index in [1.54, 1.807) is 0 Å². The van der Waals surface area contributed by atoms with E-state index in [9.17, 15) is 0 Å². The topological polar surface area (TPSA) is 64.1 Å². The molecule has 74 valence electrons. The van der Waals surface area contributed by atoms with Crippen molar-refractivity contribution in [3.8, 4) is 0 Å². The van der Waals surface area contributed by atoms with E-state index < -0.39 is 0 Å². The maximum Gasteiger partial charge on any atom is 0.138 e. The van der Waals surface area contributed by atoms with E-state index in [-0.39, 0.29) is 0 Å². The van der Waals surface area contributed by atoms with Crippen LogP contribution in [0, 0.1) is 13.8 Å². The number of nitrogens with two attached hydrogens (primary N) is 1. The summed E-state index contributed by atoms with van der Waals surface area (Å²) in [6, 6.07) is 0.327. The summed E-state index contributed by atoms with van der Waals surface area (Å²) < 4.78 is 5.04. The molecule has 0 aromatic carbocycles. The van der Waals surface area contributed by atoms with Crippen LogP contribution in [0.5, 0.6) is 0 Å². The van der Waals surface area contributed by atoms with Crippen molar-refractivity contribution in [2.45, 2.75) is 33.4 Å². The molecular weight excluding hydrogens is 166 g/mol. The molecule has 0 fully saturated rings. The van der Waals surface area contributed by atoms with E-state index in [2.05, 4.69) is 17.4 Å². The number of aromatic nitrogens is 1. The van der Waals surface area contributed by atoms with E-state index in [0.717, 1.165) is 23.6 Å². The molecule has 1 unspecified atom stereocenters. The fourth-order valence-corrected chi connectivity index (χ4v) is 1.11. The number of hydrogen-bond donors (Lipinski definition) is 2. The molecule has 0 radical (unpaired) electrons. The average molecular weight is 183 g/mol. The van der Waals surface area contributed by atoms with Gasteiger partial charge in [-0.15, -0.1) is 0 Å². The zero-order chi connectivity index (χ0) is 9.84. The SMILES string of the molecule is Cc1noc(C)c1CNC(C)CN. The van der Waals surface area contributed by atoms with Crippen molar-refractivity contribution in [1.29, 1.82) is 0 Å². The molecule has 1 aromatic rings. The van der Waals surface area contributed by atoms with Gasteiger partial charge in [0, 0.05) is 24.7 Å². The number of rotatable bonds is 4. The van der Waals surface area contributed by atoms with Crippen LogP contribution < -0.4 is 11.1 Å². The first-order valence-electron chi connectivity index (χ1n) is 4.50. The van der Waals surface area contributed by atoms with Gasteiger partial charge in [0.1, 0.15) is 5.76 Å². The molecule has 1 rings (SSSR count). The predicted octanol–water partition coefficient (Wildman–Crippen LogP) is 0.728. The molecule has 13 heavy (non-hydrogen) atoms. The maximum absolute atomic E-state index is 5.49. The molecule has 0 spiro atoms. The normalized spacial score (nSPS) is 13.2. The Morgan fingerprint density at radius 1 is 1.54 bits per heavy atom. The summed E-state index contributed by atoms with van der Waals surface area (Å²) in [6.45, 7) is 7.34. The molecular formula is C9H17N3O. The fourth-order valence-electron chi connectivity index (χ4n) is 1.11. The van der Waals surface area contributed by atoms with Gasteiger partial charge < -0.3 is 15.6 Å². The summed E-state index contributed by atoms with van der Waals surface area (Å²) >= 11 is 0. The Bertz CT molecular complexity index is 250. The van der Waals surface area contributed by atoms with Crippen LogP contribution in [-0.2, 0) is 6.54 Å². The largest absolute Gasteiger partial charge is 0.361 e. The Balaban J connectivity index is 2.53. The van der Waals surface area contributed by atoms with Gasteiger partial charge in [0.15, 0.2) is 0 Å². The van der Waals surface area contributed by atoms with Gasteiger partial charge in [0.2, 0.25) is 0 Å². The van der Waals surface area contributed by atoms with Crippen molar-refractivity contribution in [2.24, 2.45) is 5.73 Å². The highest BCUT2D eigenvalue weighted by molar-refractivity contribution is 5.20. The van der Waals surface area contributed by atoms with Crippen molar-refractivity contribution in [3.63, 3.8) is 0 Å². The van der Waals surface area contributed by atoms with Crippen LogP contribution in [-0.4, -0.2) is 17.7 Å². The molecule has 0 bridgehead atoms. The summed E-state index contributed by atoms with van der Waals surface area (Å²) in [6.07, 6.45) is 0. The van der Waals surface area contributed by atoms with Gasteiger partial charge in [0.05, 0.1) is 5.69 Å². The number of hydrogen-bond acceptors (Lipinski definition) is 4. The molecule has 0 aliphatic rings. The van der Waals surface area contributed by atoms with Crippen molar-refractivity contribution < 1.29 is 4.52 Å². The van der Waals surface area contributed by atoms with Crippen LogP contribution in [0.25, 0.3) is 0 Å². The number of aryl methyl sites for hydroxylation is 2. The summed E-state index contributed by atoms with van der Waals surface area (Å²) in [5.74, 6) is 0.884. The van der Waals surface area contributed by atoms with Gasteiger partial charge in [-0.1, -0.05) is 5.16 Å². The molecule has 1 aromatic heterocycles. The second-order valence-electron chi connectivity index (χ2n) is 3.32. The minimum absolute atomic E-state index is 0.327. The maximum atomic E-state index is 5.49. The minimum atomic E-state index is 0.327. The molecule has 0 saturated heterocycles. The van der Waals surface area contributed by atoms with Crippen LogP contribution >= 0.6 is 0 Å². The van der Waals surface area contributed by atoms with Gasteiger partial charge in [-0.05, 0) is 20.8 Å². The van der Waals surface area contributed by atoms with Crippen molar-refractivity contribution in [1.82, 2.24) is 10.5 Å². The molecule has 0 aliphatic carbocycles. The number of nitrogens with one attached hydrogen (secondary N) is 1. The first kappa shape index (κ1) is 10.2. The second kappa shape index (κ2) is 4.39. The number of nitrogens with zero attached hydrogens (tertiary/aromatic N) is 1. The Hall–Kier alpha value is -0.870. The van der Waals surface area contributed by atoms with Crippen LogP contribution in [0.15, 0.2) is 4.52 Å². The van der Waals surface area contributed by atoms with Gasteiger partial charge in [-0.3, -0.25) is 0 Å². The zero-order valence-electron chi connectivity index (χ0n) is 8.42. The van der Waals surface area contributed by atoms with Gasteiger partial charge >= 0.3 is 0 Å². The Morgan fingerprint density at radius 3 is 2.69 bits per heavy atom. The summed E-state index contributed by atoms with van der Waals surface area (Å²) in [5, 5.41) is 7.17. The lowest BCUT2D eigenvalue weighted by molar-refractivity contribution is 0.391. The smallest absolute Gasteiger partial charge is 0.138 e. The third-order valence-electron chi connectivity index (χ3n) is 2.16. The lowest BCUT2D eigenvalue weighted by Gasteiger charge is -2.10. The first-order chi connectivity index (χ1) is 6.15. The molecule has 4 heteroatoms. The van der Waals surface area contributed by atoms with Crippen LogP contribution in [0.2, 0.25) is 0 Å². The van der Waals surface area contributed by atoms with Crippen LogP contribution in [0.1, 0.15) is 23.9 Å². The highest BCUT2D eigenvalue weighted by Crippen LogP contribution is 2.11. The van der Waals surface area contributed by atoms with Gasteiger partial charge in [0.25, 0.3) is 0 Å². The summed E-state index contributed by atoms with van der Waals surface area (Å²) in [4.78, 5) is 0. The Morgan fingerprint density at radius 2 is 2.23 bits per heavy atom. The third-order valence-corrected chi connectivity index (χ3v) is 2.16. The van der Waals surface area contributed by atoms with Crippen molar-refractivity contribution in [3.05, 3.63) is 17.0 Å². The Kier molecular flexibility index (Phi) is 3.45. The summed E-state index contributed by atoms with van der Waals surface area (Å²) in [7, 11) is 0. The molecule has 1 atom stereocenters. The van der Waals surface area contributed by atoms with Crippen molar-refractivity contribution >= 4 is 0 Å².